The normalized spacial score (nSPS) is 15.2. The number of benzene rings is 1. The molecular formula is C9H7NO5S2. The number of hydrogen-bond acceptors (Lipinski definition) is 5. The maximum Gasteiger partial charge on any atom is 0.321 e. The van der Waals surface area contributed by atoms with Crippen molar-refractivity contribution in [1.82, 2.24) is 4.90 Å². The Morgan fingerprint density at radius 1 is 1.12 bits per heavy atom. The van der Waals surface area contributed by atoms with Gasteiger partial charge in [0.05, 0.1) is 17.0 Å². The first-order valence-electron chi connectivity index (χ1n) is 4.47. The molecule has 2 rings (SSSR count). The van der Waals surface area contributed by atoms with Crippen molar-refractivity contribution in [3.8, 4) is 0 Å². The lowest BCUT2D eigenvalue weighted by atomic mass is 10.1. The van der Waals surface area contributed by atoms with Crippen molar-refractivity contribution in [2.75, 3.05) is 5.88 Å². The number of amides is 2. The van der Waals surface area contributed by atoms with Crippen LogP contribution >= 0.6 is 10.8 Å². The molecule has 0 aromatic heterocycles. The molecule has 1 aliphatic heterocycles. The fourth-order valence-electron chi connectivity index (χ4n) is 1.48. The highest BCUT2D eigenvalue weighted by atomic mass is 33.1. The van der Waals surface area contributed by atoms with Crippen molar-refractivity contribution in [2.45, 2.75) is 0 Å². The van der Waals surface area contributed by atoms with Crippen molar-refractivity contribution in [2.24, 2.45) is 0 Å². The van der Waals surface area contributed by atoms with Crippen molar-refractivity contribution in [1.29, 1.82) is 0 Å². The van der Waals surface area contributed by atoms with E-state index in [1.165, 1.54) is 12.1 Å². The Morgan fingerprint density at radius 3 is 2.00 bits per heavy atom. The molecule has 0 spiro atoms. The minimum atomic E-state index is -4.28. The minimum Gasteiger partial charge on any atom is -0.277 e. The molecule has 1 aliphatic rings. The molecule has 17 heavy (non-hydrogen) atoms. The van der Waals surface area contributed by atoms with E-state index in [4.69, 9.17) is 4.55 Å². The van der Waals surface area contributed by atoms with Gasteiger partial charge in [0.25, 0.3) is 11.8 Å². The van der Waals surface area contributed by atoms with E-state index in [2.05, 4.69) is 0 Å². The number of rotatable bonds is 3. The van der Waals surface area contributed by atoms with Crippen LogP contribution in [0, 0.1) is 0 Å². The van der Waals surface area contributed by atoms with E-state index in [0.717, 1.165) is 4.90 Å². The number of carbonyl (C=O) groups is 2. The average Bonchev–Trinajstić information content (AvgIpc) is 2.49. The van der Waals surface area contributed by atoms with Crippen molar-refractivity contribution >= 4 is 31.8 Å². The van der Waals surface area contributed by atoms with Gasteiger partial charge in [-0.25, -0.2) is 0 Å². The van der Waals surface area contributed by atoms with E-state index >= 15 is 0 Å². The Balaban J connectivity index is 2.25. The Kier molecular flexibility index (Phi) is 2.94. The summed E-state index contributed by atoms with van der Waals surface area (Å²) in [5.74, 6) is -1.53. The van der Waals surface area contributed by atoms with Gasteiger partial charge in [0.1, 0.15) is 0 Å². The summed E-state index contributed by atoms with van der Waals surface area (Å²) in [7, 11) is -4.15. The summed E-state index contributed by atoms with van der Waals surface area (Å²) < 4.78 is 29.6. The van der Waals surface area contributed by atoms with Gasteiger partial charge in [-0.05, 0) is 12.1 Å². The first-order chi connectivity index (χ1) is 7.90. The minimum absolute atomic E-state index is 0.121. The summed E-state index contributed by atoms with van der Waals surface area (Å²) in [6, 6.07) is 6.22. The highest BCUT2D eigenvalue weighted by molar-refractivity contribution is 8.69. The monoisotopic (exact) mass is 273 g/mol. The maximum atomic E-state index is 11.7. The Hall–Kier alpha value is -1.38. The van der Waals surface area contributed by atoms with Crippen LogP contribution in [-0.4, -0.2) is 35.6 Å². The van der Waals surface area contributed by atoms with Gasteiger partial charge in [-0.2, -0.15) is 8.42 Å². The third-order valence-electron chi connectivity index (χ3n) is 2.21. The van der Waals surface area contributed by atoms with Gasteiger partial charge in [0.2, 0.25) is 0 Å². The second-order valence-electron chi connectivity index (χ2n) is 3.26. The lowest BCUT2D eigenvalue weighted by Gasteiger charge is -2.11. The zero-order valence-electron chi connectivity index (χ0n) is 8.36. The van der Waals surface area contributed by atoms with E-state index in [0.29, 0.717) is 0 Å². The van der Waals surface area contributed by atoms with Gasteiger partial charge < -0.3 is 0 Å². The second-order valence-corrected chi connectivity index (χ2v) is 6.58. The summed E-state index contributed by atoms with van der Waals surface area (Å²) in [5.41, 5.74) is 0.488. The molecule has 1 aromatic rings. The van der Waals surface area contributed by atoms with Crippen LogP contribution in [0.4, 0.5) is 0 Å². The van der Waals surface area contributed by atoms with Gasteiger partial charge in [-0.3, -0.25) is 19.0 Å². The van der Waals surface area contributed by atoms with Gasteiger partial charge in [0, 0.05) is 10.8 Å². The predicted octanol–water partition coefficient (Wildman–Crippen LogP) is 0.776. The zero-order valence-corrected chi connectivity index (χ0v) is 9.99. The lowest BCUT2D eigenvalue weighted by Crippen LogP contribution is -2.29. The summed E-state index contributed by atoms with van der Waals surface area (Å²) in [6.45, 7) is 0. The van der Waals surface area contributed by atoms with E-state index in [9.17, 15) is 18.0 Å². The molecule has 1 aromatic carbocycles. The fourth-order valence-corrected chi connectivity index (χ4v) is 2.66. The molecule has 0 radical (unpaired) electrons. The first-order valence-corrected chi connectivity index (χ1v) is 7.41. The van der Waals surface area contributed by atoms with Crippen LogP contribution in [0.1, 0.15) is 20.7 Å². The summed E-state index contributed by atoms with van der Waals surface area (Å²) in [6.07, 6.45) is 0. The summed E-state index contributed by atoms with van der Waals surface area (Å²) in [4.78, 5) is 24.3. The quantitative estimate of drug-likeness (QED) is 0.497. The van der Waals surface area contributed by atoms with E-state index in [-0.39, 0.29) is 21.9 Å². The Labute approximate surface area is 101 Å². The topological polar surface area (TPSA) is 91.8 Å². The van der Waals surface area contributed by atoms with Crippen LogP contribution < -0.4 is 0 Å². The Morgan fingerprint density at radius 2 is 1.59 bits per heavy atom. The van der Waals surface area contributed by atoms with E-state index in [1.54, 1.807) is 12.1 Å². The largest absolute Gasteiger partial charge is 0.321 e. The molecule has 0 aliphatic carbocycles. The molecule has 0 unspecified atom stereocenters. The summed E-state index contributed by atoms with van der Waals surface area (Å²) >= 11 is 0. The number of nitrogens with zero attached hydrogens (tertiary/aromatic N) is 1. The highest BCUT2D eigenvalue weighted by Gasteiger charge is 2.35. The smallest absolute Gasteiger partial charge is 0.277 e. The van der Waals surface area contributed by atoms with Gasteiger partial charge >= 0.3 is 9.15 Å². The molecule has 0 atom stereocenters. The molecule has 1 heterocycles. The van der Waals surface area contributed by atoms with Gasteiger partial charge in [-0.1, -0.05) is 12.1 Å². The van der Waals surface area contributed by atoms with Gasteiger partial charge in [0.15, 0.2) is 0 Å². The molecule has 2 amide bonds. The molecule has 6 nitrogen and oxygen atoms in total. The predicted molar refractivity (Wildman–Crippen MR) is 60.9 cm³/mol. The van der Waals surface area contributed by atoms with Crippen LogP contribution in [0.3, 0.4) is 0 Å². The SMILES string of the molecule is O=C1c2ccccc2C(=O)N1CSS(=O)(=O)O. The molecule has 1 N–H and O–H groups in total. The highest BCUT2D eigenvalue weighted by Crippen LogP contribution is 2.25. The molecule has 0 saturated carbocycles. The van der Waals surface area contributed by atoms with Crippen LogP contribution in [0.25, 0.3) is 0 Å². The number of fused-ring (bicyclic) bond motifs is 1. The molecular weight excluding hydrogens is 266 g/mol. The third kappa shape index (κ3) is 2.33. The van der Waals surface area contributed by atoms with Crippen molar-refractivity contribution < 1.29 is 22.6 Å². The number of carbonyl (C=O) groups excluding carboxylic acids is 2. The third-order valence-corrected chi connectivity index (χ3v) is 4.08. The lowest BCUT2D eigenvalue weighted by molar-refractivity contribution is 0.0684. The molecule has 8 heteroatoms. The summed E-state index contributed by atoms with van der Waals surface area (Å²) in [5, 5.41) is 0. The van der Waals surface area contributed by atoms with Crippen LogP contribution in [0.5, 0.6) is 0 Å². The van der Waals surface area contributed by atoms with Crippen molar-refractivity contribution in [3.63, 3.8) is 0 Å². The molecule has 90 valence electrons. The van der Waals surface area contributed by atoms with E-state index in [1.807, 2.05) is 0 Å². The number of hydrogen-bond donors (Lipinski definition) is 1. The van der Waals surface area contributed by atoms with E-state index < -0.39 is 26.8 Å². The first kappa shape index (κ1) is 12.1. The Bertz CT molecular complexity index is 560. The molecule has 0 fully saturated rings. The molecule has 0 saturated heterocycles. The standard InChI is InChI=1S/C9H7NO5S2/c11-8-6-3-1-2-4-7(6)9(12)10(8)5-16-17(13,14)15/h1-4H,5H2,(H,13,14,15). The maximum absolute atomic E-state index is 11.7. The van der Waals surface area contributed by atoms with Crippen LogP contribution in [-0.2, 0) is 9.15 Å². The van der Waals surface area contributed by atoms with Crippen molar-refractivity contribution in [3.05, 3.63) is 35.4 Å². The molecule has 0 bridgehead atoms. The zero-order chi connectivity index (χ0) is 12.6. The van der Waals surface area contributed by atoms with Crippen LogP contribution in [0.2, 0.25) is 0 Å². The number of imide groups is 1. The average molecular weight is 273 g/mol. The van der Waals surface area contributed by atoms with Gasteiger partial charge in [-0.15, -0.1) is 0 Å². The second kappa shape index (κ2) is 4.13. The van der Waals surface area contributed by atoms with Crippen LogP contribution in [0.15, 0.2) is 24.3 Å². The fraction of sp³-hybridized carbons (Fsp3) is 0.111.